The van der Waals surface area contributed by atoms with Crippen molar-refractivity contribution in [3.63, 3.8) is 0 Å². The van der Waals surface area contributed by atoms with Crippen molar-refractivity contribution in [2.45, 2.75) is 6.54 Å². The van der Waals surface area contributed by atoms with Gasteiger partial charge < -0.3 is 12.4 Å². The van der Waals surface area contributed by atoms with E-state index in [9.17, 15) is 14.9 Å². The van der Waals surface area contributed by atoms with Gasteiger partial charge in [-0.15, -0.1) is 0 Å². The Labute approximate surface area is 143 Å². The number of nitrogens with zero attached hydrogens (tertiary/aromatic N) is 3. The molecule has 9 heteroatoms. The summed E-state index contributed by atoms with van der Waals surface area (Å²) in [5.74, 6) is -0.309. The van der Waals surface area contributed by atoms with Crippen molar-refractivity contribution in [2.24, 2.45) is 5.10 Å². The number of amides is 1. The number of nitro groups is 1. The summed E-state index contributed by atoms with van der Waals surface area (Å²) in [4.78, 5) is 21.8. The molecule has 1 amide bonds. The molecule has 2 aromatic rings. The highest BCUT2D eigenvalue weighted by Gasteiger charge is 2.12. The molecule has 1 N–H and O–H groups in total. The second kappa shape index (κ2) is 8.82. The number of hydrazone groups is 1. The van der Waals surface area contributed by atoms with E-state index in [4.69, 9.17) is 11.6 Å². The van der Waals surface area contributed by atoms with Gasteiger partial charge >= 0.3 is 5.91 Å². The number of aromatic nitrogens is 1. The molecule has 0 aliphatic carbocycles. The van der Waals surface area contributed by atoms with Crippen LogP contribution >= 0.6 is 11.6 Å². The summed E-state index contributed by atoms with van der Waals surface area (Å²) in [5.41, 5.74) is 2.60. The number of nitro benzene ring substituents is 1. The van der Waals surface area contributed by atoms with Crippen LogP contribution in [0, 0.1) is 10.1 Å². The molecule has 1 heterocycles. The lowest BCUT2D eigenvalue weighted by atomic mass is 10.2. The molecule has 0 bridgehead atoms. The number of nitrogens with one attached hydrogen (secondary N) is 1. The van der Waals surface area contributed by atoms with Crippen molar-refractivity contribution in [1.82, 2.24) is 5.43 Å². The van der Waals surface area contributed by atoms with Gasteiger partial charge in [-0.1, -0.05) is 23.7 Å². The van der Waals surface area contributed by atoms with E-state index in [1.807, 2.05) is 18.2 Å². The Kier molecular flexibility index (Phi) is 7.11. The normalized spacial score (nSPS) is 10.1. The summed E-state index contributed by atoms with van der Waals surface area (Å²) in [7, 11) is 0. The predicted octanol–water partition coefficient (Wildman–Crippen LogP) is -1.31. The number of benzene rings is 1. The quantitative estimate of drug-likeness (QED) is 0.313. The molecule has 0 spiro atoms. The fraction of sp³-hybridized carbons (Fsp3) is 0.0714. The molecule has 23 heavy (non-hydrogen) atoms. The smallest absolute Gasteiger partial charge is 0.305 e. The van der Waals surface area contributed by atoms with Gasteiger partial charge in [-0.25, -0.2) is 5.43 Å². The summed E-state index contributed by atoms with van der Waals surface area (Å²) in [5, 5.41) is 14.6. The fourth-order valence-electron chi connectivity index (χ4n) is 1.67. The van der Waals surface area contributed by atoms with Gasteiger partial charge in [0.05, 0.1) is 11.1 Å². The minimum absolute atomic E-state index is 0. The minimum Gasteiger partial charge on any atom is -1.00 e. The SMILES string of the molecule is O=C(C[n+]1ccccc1)N/N=C/c1ccc(Cl)c([N+](=O)[O-])c1.[Cl-]. The molecule has 0 saturated carbocycles. The molecular weight excluding hydrogens is 343 g/mol. The Hall–Kier alpha value is -2.51. The number of halogens is 2. The van der Waals surface area contributed by atoms with E-state index >= 15 is 0 Å². The molecule has 0 radical (unpaired) electrons. The Bertz CT molecular complexity index is 723. The number of hydrogen-bond donors (Lipinski definition) is 1. The van der Waals surface area contributed by atoms with Crippen LogP contribution in [0.15, 0.2) is 53.9 Å². The molecule has 2 rings (SSSR count). The average Bonchev–Trinajstić information content (AvgIpc) is 2.49. The van der Waals surface area contributed by atoms with E-state index in [-0.39, 0.29) is 35.6 Å². The lowest BCUT2D eigenvalue weighted by Crippen LogP contribution is -3.00. The van der Waals surface area contributed by atoms with Gasteiger partial charge in [-0.3, -0.25) is 14.9 Å². The van der Waals surface area contributed by atoms with Crippen LogP contribution in [0.4, 0.5) is 5.69 Å². The van der Waals surface area contributed by atoms with Crippen LogP contribution in [-0.4, -0.2) is 17.0 Å². The fourth-order valence-corrected chi connectivity index (χ4v) is 1.86. The summed E-state index contributed by atoms with van der Waals surface area (Å²) in [6, 6.07) is 9.72. The molecule has 0 atom stereocenters. The monoisotopic (exact) mass is 354 g/mol. The van der Waals surface area contributed by atoms with Gasteiger partial charge in [0.25, 0.3) is 5.69 Å². The van der Waals surface area contributed by atoms with Gasteiger partial charge in [-0.05, 0) is 6.07 Å². The van der Waals surface area contributed by atoms with Crippen molar-refractivity contribution < 1.29 is 26.7 Å². The van der Waals surface area contributed by atoms with Gasteiger partial charge in [0.15, 0.2) is 12.4 Å². The van der Waals surface area contributed by atoms with Crippen LogP contribution < -0.4 is 22.4 Å². The molecule has 0 saturated heterocycles. The zero-order valence-corrected chi connectivity index (χ0v) is 13.2. The molecule has 0 aliphatic rings. The molecule has 0 aliphatic heterocycles. The highest BCUT2D eigenvalue weighted by molar-refractivity contribution is 6.32. The number of carbonyl (C=O) groups is 1. The van der Waals surface area contributed by atoms with E-state index in [2.05, 4.69) is 10.5 Å². The summed E-state index contributed by atoms with van der Waals surface area (Å²) >= 11 is 5.71. The first-order valence-electron chi connectivity index (χ1n) is 6.26. The second-order valence-corrected chi connectivity index (χ2v) is 4.72. The molecule has 1 aromatic carbocycles. The van der Waals surface area contributed by atoms with Crippen LogP contribution in [-0.2, 0) is 11.3 Å². The van der Waals surface area contributed by atoms with Crippen LogP contribution in [0.3, 0.4) is 0 Å². The van der Waals surface area contributed by atoms with Crippen LogP contribution in [0.25, 0.3) is 0 Å². The molecule has 1 aromatic heterocycles. The van der Waals surface area contributed by atoms with E-state index in [1.165, 1.54) is 18.3 Å². The number of hydrogen-bond acceptors (Lipinski definition) is 4. The van der Waals surface area contributed by atoms with Crippen molar-refractivity contribution in [3.8, 4) is 0 Å². The average molecular weight is 355 g/mol. The Morgan fingerprint density at radius 1 is 1.35 bits per heavy atom. The maximum absolute atomic E-state index is 11.7. The molecule has 7 nitrogen and oxygen atoms in total. The third-order valence-corrected chi connectivity index (χ3v) is 2.99. The number of rotatable bonds is 5. The lowest BCUT2D eigenvalue weighted by molar-refractivity contribution is -0.684. The Balaban J connectivity index is 0.00000264. The summed E-state index contributed by atoms with van der Waals surface area (Å²) < 4.78 is 1.69. The number of pyridine rings is 1. The molecular formula is C14H12Cl2N4O3. The van der Waals surface area contributed by atoms with E-state index in [0.29, 0.717) is 5.56 Å². The van der Waals surface area contributed by atoms with Crippen molar-refractivity contribution >= 4 is 29.4 Å². The van der Waals surface area contributed by atoms with Gasteiger partial charge in [-0.2, -0.15) is 9.67 Å². The predicted molar refractivity (Wildman–Crippen MR) is 80.5 cm³/mol. The van der Waals surface area contributed by atoms with Crippen molar-refractivity contribution in [2.75, 3.05) is 0 Å². The third-order valence-electron chi connectivity index (χ3n) is 2.67. The summed E-state index contributed by atoms with van der Waals surface area (Å²) in [6.07, 6.45) is 4.83. The Morgan fingerprint density at radius 3 is 2.70 bits per heavy atom. The highest BCUT2D eigenvalue weighted by Crippen LogP contribution is 2.24. The highest BCUT2D eigenvalue weighted by atomic mass is 35.5. The first-order chi connectivity index (χ1) is 10.6. The van der Waals surface area contributed by atoms with Gasteiger partial charge in [0.2, 0.25) is 6.54 Å². The summed E-state index contributed by atoms with van der Waals surface area (Å²) in [6.45, 7) is 0.124. The van der Waals surface area contributed by atoms with Gasteiger partial charge in [0.1, 0.15) is 5.02 Å². The molecule has 0 unspecified atom stereocenters. The van der Waals surface area contributed by atoms with Crippen molar-refractivity contribution in [3.05, 3.63) is 69.5 Å². The lowest BCUT2D eigenvalue weighted by Gasteiger charge is -1.98. The standard InChI is InChI=1S/C14H11ClN4O3.ClH/c15-12-5-4-11(8-13(12)19(21)22)9-16-17-14(20)10-18-6-2-1-3-7-18;/h1-9H,10H2;1H/b16-9+;. The number of carbonyl (C=O) groups excluding carboxylic acids is 1. The van der Waals surface area contributed by atoms with E-state index in [1.54, 1.807) is 23.0 Å². The maximum Gasteiger partial charge on any atom is 0.305 e. The first kappa shape index (κ1) is 18.5. The van der Waals surface area contributed by atoms with Crippen molar-refractivity contribution in [1.29, 1.82) is 0 Å². The van der Waals surface area contributed by atoms with Gasteiger partial charge in [0, 0.05) is 23.8 Å². The zero-order chi connectivity index (χ0) is 15.9. The molecule has 0 fully saturated rings. The van der Waals surface area contributed by atoms with E-state index in [0.717, 1.165) is 0 Å². The maximum atomic E-state index is 11.7. The largest absolute Gasteiger partial charge is 1.00 e. The molecule has 120 valence electrons. The second-order valence-electron chi connectivity index (χ2n) is 4.31. The Morgan fingerprint density at radius 2 is 2.04 bits per heavy atom. The van der Waals surface area contributed by atoms with E-state index < -0.39 is 4.92 Å². The van der Waals surface area contributed by atoms with Crippen LogP contribution in [0.1, 0.15) is 5.56 Å². The van der Waals surface area contributed by atoms with Crippen LogP contribution in [0.5, 0.6) is 0 Å². The zero-order valence-electron chi connectivity index (χ0n) is 11.7. The first-order valence-corrected chi connectivity index (χ1v) is 6.64. The topological polar surface area (TPSA) is 88.5 Å². The van der Waals surface area contributed by atoms with Crippen LogP contribution in [0.2, 0.25) is 5.02 Å². The third kappa shape index (κ3) is 5.65. The minimum atomic E-state index is -0.579.